The molecular weight excluding hydrogens is 769 g/mol. The highest BCUT2D eigenvalue weighted by molar-refractivity contribution is 5.71. The topological polar surface area (TPSA) is 78.9 Å². The molecule has 6 nitrogen and oxygen atoms in total. The van der Waals surface area contributed by atoms with Crippen molar-refractivity contribution in [1.29, 1.82) is 0 Å². The van der Waals surface area contributed by atoms with Crippen molar-refractivity contribution in [3.05, 3.63) is 72.9 Å². The van der Waals surface area contributed by atoms with Gasteiger partial charge in [-0.25, -0.2) is 0 Å². The number of rotatable bonds is 46. The Morgan fingerprint density at radius 2 is 0.645 bits per heavy atom. The Morgan fingerprint density at radius 3 is 1.08 bits per heavy atom. The number of hydrogen-bond donors (Lipinski definition) is 0. The molecule has 0 aromatic heterocycles. The molecule has 0 heterocycles. The highest BCUT2D eigenvalue weighted by Gasteiger charge is 2.19. The van der Waals surface area contributed by atoms with Crippen molar-refractivity contribution in [2.75, 3.05) is 13.2 Å². The van der Waals surface area contributed by atoms with Crippen molar-refractivity contribution in [2.45, 2.75) is 252 Å². The van der Waals surface area contributed by atoms with Crippen LogP contribution in [0.1, 0.15) is 245 Å². The number of carbonyl (C=O) groups excluding carboxylic acids is 3. The summed E-state index contributed by atoms with van der Waals surface area (Å²) in [6, 6.07) is 0. The first-order chi connectivity index (χ1) is 30.5. The standard InChI is InChI=1S/C56H96O6/c1-4-7-10-13-16-19-22-25-27-28-30-32-35-37-40-43-46-49-55(58)61-52-53(62-56(59)50-47-44-41-38-33-24-21-18-15-12-9-6-3)51-60-54(57)48-45-42-39-36-34-31-29-26-23-20-17-14-11-8-5-2/h7,10,16,19-20,23,25,27,30,32,37,40,53H,4-6,8-9,11-15,17-18,21-22,24,26,28-29,31,33-36,38-39,41-52H2,1-3H3/b10-7-,19-16-,23-20-,27-25-,32-30-,40-37-/t53-/m0/s1. The van der Waals surface area contributed by atoms with E-state index in [9.17, 15) is 14.4 Å². The van der Waals surface area contributed by atoms with Crippen LogP contribution in [0, 0.1) is 0 Å². The van der Waals surface area contributed by atoms with Crippen LogP contribution in [0.15, 0.2) is 72.9 Å². The maximum Gasteiger partial charge on any atom is 0.306 e. The predicted octanol–water partition coefficient (Wildman–Crippen LogP) is 17.0. The van der Waals surface area contributed by atoms with Gasteiger partial charge in [0.05, 0.1) is 0 Å². The van der Waals surface area contributed by atoms with E-state index in [1.807, 2.05) is 0 Å². The van der Waals surface area contributed by atoms with E-state index >= 15 is 0 Å². The van der Waals surface area contributed by atoms with Crippen molar-refractivity contribution in [3.8, 4) is 0 Å². The molecule has 0 saturated heterocycles. The number of ether oxygens (including phenoxy) is 3. The van der Waals surface area contributed by atoms with Crippen molar-refractivity contribution in [1.82, 2.24) is 0 Å². The third-order valence-corrected chi connectivity index (χ3v) is 10.9. The Balaban J connectivity index is 4.45. The van der Waals surface area contributed by atoms with Gasteiger partial charge in [0.2, 0.25) is 0 Å². The van der Waals surface area contributed by atoms with E-state index in [2.05, 4.69) is 93.7 Å². The maximum atomic E-state index is 12.8. The van der Waals surface area contributed by atoms with Crippen LogP contribution in [0.2, 0.25) is 0 Å². The third kappa shape index (κ3) is 47.9. The van der Waals surface area contributed by atoms with E-state index in [-0.39, 0.29) is 37.5 Å². The van der Waals surface area contributed by atoms with Gasteiger partial charge in [0.1, 0.15) is 13.2 Å². The smallest absolute Gasteiger partial charge is 0.306 e. The van der Waals surface area contributed by atoms with Crippen LogP contribution in [0.3, 0.4) is 0 Å². The molecule has 6 heteroatoms. The molecule has 0 amide bonds. The van der Waals surface area contributed by atoms with Gasteiger partial charge < -0.3 is 14.2 Å². The van der Waals surface area contributed by atoms with E-state index in [1.54, 1.807) is 0 Å². The van der Waals surface area contributed by atoms with E-state index in [0.717, 1.165) is 77.0 Å². The number of hydrogen-bond acceptors (Lipinski definition) is 6. The van der Waals surface area contributed by atoms with Gasteiger partial charge in [0.15, 0.2) is 6.10 Å². The summed E-state index contributed by atoms with van der Waals surface area (Å²) < 4.78 is 16.7. The minimum atomic E-state index is -0.797. The molecule has 0 fully saturated rings. The molecule has 0 aromatic carbocycles. The predicted molar refractivity (Wildman–Crippen MR) is 265 cm³/mol. The number of unbranched alkanes of at least 4 members (excludes halogenated alkanes) is 23. The largest absolute Gasteiger partial charge is 0.462 e. The quantitative estimate of drug-likeness (QED) is 0.0262. The molecule has 0 radical (unpaired) electrons. The molecule has 0 saturated carbocycles. The Bertz CT molecular complexity index is 1180. The average molecular weight is 865 g/mol. The second kappa shape index (κ2) is 50.5. The van der Waals surface area contributed by atoms with Crippen LogP contribution < -0.4 is 0 Å². The number of carbonyl (C=O) groups is 3. The molecule has 62 heavy (non-hydrogen) atoms. The first kappa shape index (κ1) is 58.9. The fourth-order valence-electron chi connectivity index (χ4n) is 7.06. The summed E-state index contributed by atoms with van der Waals surface area (Å²) in [7, 11) is 0. The Labute approximate surface area is 382 Å². The van der Waals surface area contributed by atoms with E-state index in [1.165, 1.54) is 122 Å². The monoisotopic (exact) mass is 865 g/mol. The van der Waals surface area contributed by atoms with Gasteiger partial charge in [0, 0.05) is 19.3 Å². The van der Waals surface area contributed by atoms with Crippen molar-refractivity contribution in [3.63, 3.8) is 0 Å². The van der Waals surface area contributed by atoms with Crippen LogP contribution in [-0.2, 0) is 28.6 Å². The average Bonchev–Trinajstić information content (AvgIpc) is 3.27. The molecular formula is C56H96O6. The minimum Gasteiger partial charge on any atom is -0.462 e. The SMILES string of the molecule is CC/C=C\C/C=C\C/C=C\C/C=C\C/C=C\CCCC(=O)OC[C@H](COC(=O)CCCCCCCCC/C=C\CCCCCC)OC(=O)CCCCCCCCCCCCCC. The van der Waals surface area contributed by atoms with Crippen LogP contribution >= 0.6 is 0 Å². The Hall–Kier alpha value is -3.15. The highest BCUT2D eigenvalue weighted by Crippen LogP contribution is 2.15. The summed E-state index contributed by atoms with van der Waals surface area (Å²) in [6.07, 6.45) is 63.1. The molecule has 0 bridgehead atoms. The summed E-state index contributed by atoms with van der Waals surface area (Å²) in [4.78, 5) is 37.9. The molecule has 1 atom stereocenters. The molecule has 0 N–H and O–H groups in total. The highest BCUT2D eigenvalue weighted by atomic mass is 16.6. The summed E-state index contributed by atoms with van der Waals surface area (Å²) in [5.41, 5.74) is 0. The first-order valence-corrected chi connectivity index (χ1v) is 25.9. The molecule has 356 valence electrons. The Morgan fingerprint density at radius 1 is 0.339 bits per heavy atom. The van der Waals surface area contributed by atoms with Crippen molar-refractivity contribution in [2.24, 2.45) is 0 Å². The lowest BCUT2D eigenvalue weighted by Gasteiger charge is -2.18. The number of esters is 3. The van der Waals surface area contributed by atoms with Crippen molar-refractivity contribution >= 4 is 17.9 Å². The van der Waals surface area contributed by atoms with Crippen LogP contribution in [-0.4, -0.2) is 37.2 Å². The fraction of sp³-hybridized carbons (Fsp3) is 0.732. The van der Waals surface area contributed by atoms with Crippen LogP contribution in [0.4, 0.5) is 0 Å². The van der Waals surface area contributed by atoms with Crippen molar-refractivity contribution < 1.29 is 28.6 Å². The second-order valence-corrected chi connectivity index (χ2v) is 17.1. The first-order valence-electron chi connectivity index (χ1n) is 25.9. The van der Waals surface area contributed by atoms with E-state index in [0.29, 0.717) is 19.3 Å². The molecule has 0 aliphatic heterocycles. The zero-order valence-corrected chi connectivity index (χ0v) is 40.6. The summed E-state index contributed by atoms with van der Waals surface area (Å²) >= 11 is 0. The van der Waals surface area contributed by atoms with Gasteiger partial charge in [0.25, 0.3) is 0 Å². The lowest BCUT2D eigenvalue weighted by atomic mass is 10.0. The Kier molecular flexibility index (Phi) is 47.9. The summed E-state index contributed by atoms with van der Waals surface area (Å²) in [6.45, 7) is 6.46. The van der Waals surface area contributed by atoms with E-state index in [4.69, 9.17) is 14.2 Å². The normalized spacial score (nSPS) is 12.6. The van der Waals surface area contributed by atoms with Gasteiger partial charge in [-0.3, -0.25) is 14.4 Å². The van der Waals surface area contributed by atoms with Gasteiger partial charge in [-0.05, 0) is 83.5 Å². The van der Waals surface area contributed by atoms with Gasteiger partial charge >= 0.3 is 17.9 Å². The zero-order chi connectivity index (χ0) is 45.1. The molecule has 0 rings (SSSR count). The molecule has 0 unspecified atom stereocenters. The summed E-state index contributed by atoms with van der Waals surface area (Å²) in [5, 5.41) is 0. The van der Waals surface area contributed by atoms with Crippen LogP contribution in [0.5, 0.6) is 0 Å². The molecule has 0 aliphatic rings. The fourth-order valence-corrected chi connectivity index (χ4v) is 7.06. The second-order valence-electron chi connectivity index (χ2n) is 17.1. The van der Waals surface area contributed by atoms with Gasteiger partial charge in [-0.2, -0.15) is 0 Å². The van der Waals surface area contributed by atoms with Gasteiger partial charge in [-0.1, -0.05) is 216 Å². The van der Waals surface area contributed by atoms with Gasteiger partial charge in [-0.15, -0.1) is 0 Å². The number of allylic oxidation sites excluding steroid dienone is 12. The van der Waals surface area contributed by atoms with E-state index < -0.39 is 6.10 Å². The lowest BCUT2D eigenvalue weighted by Crippen LogP contribution is -2.30. The van der Waals surface area contributed by atoms with Crippen LogP contribution in [0.25, 0.3) is 0 Å². The molecule has 0 aliphatic carbocycles. The zero-order valence-electron chi connectivity index (χ0n) is 40.6. The molecule has 0 spiro atoms. The summed E-state index contributed by atoms with van der Waals surface area (Å²) in [5.74, 6) is -0.956. The third-order valence-electron chi connectivity index (χ3n) is 10.9. The molecule has 0 aromatic rings. The minimum absolute atomic E-state index is 0.0937. The lowest BCUT2D eigenvalue weighted by molar-refractivity contribution is -0.167. The maximum absolute atomic E-state index is 12.8.